The van der Waals surface area contributed by atoms with Crippen LogP contribution in [0.15, 0.2) is 30.3 Å². The second-order valence-electron chi connectivity index (χ2n) is 3.65. The lowest BCUT2D eigenvalue weighted by Gasteiger charge is -2.04. The maximum atomic E-state index is 4.14. The Kier molecular flexibility index (Phi) is 2.72. The van der Waals surface area contributed by atoms with E-state index in [0.717, 1.165) is 18.1 Å². The topological polar surface area (TPSA) is 40.7 Å². The van der Waals surface area contributed by atoms with Crippen LogP contribution in [0.4, 0.5) is 5.82 Å². The van der Waals surface area contributed by atoms with E-state index < -0.39 is 0 Å². The van der Waals surface area contributed by atoms with Crippen LogP contribution in [-0.4, -0.2) is 10.2 Å². The predicted octanol–water partition coefficient (Wildman–Crippen LogP) is 2.64. The SMILES string of the molecule is Cc1n[nH]c(NCc2ccccc2)c1C. The normalized spacial score (nSPS) is 10.3. The van der Waals surface area contributed by atoms with E-state index in [1.54, 1.807) is 0 Å². The molecule has 3 nitrogen and oxygen atoms in total. The lowest BCUT2D eigenvalue weighted by molar-refractivity contribution is 1.02. The molecule has 0 amide bonds. The van der Waals surface area contributed by atoms with Crippen LogP contribution in [-0.2, 0) is 6.54 Å². The Morgan fingerprint density at radius 3 is 2.53 bits per heavy atom. The van der Waals surface area contributed by atoms with Gasteiger partial charge in [0.05, 0.1) is 5.69 Å². The highest BCUT2D eigenvalue weighted by atomic mass is 15.2. The number of aromatic amines is 1. The van der Waals surface area contributed by atoms with Crippen molar-refractivity contribution >= 4 is 5.82 Å². The van der Waals surface area contributed by atoms with Gasteiger partial charge in [-0.15, -0.1) is 0 Å². The zero-order valence-electron chi connectivity index (χ0n) is 9.04. The van der Waals surface area contributed by atoms with Crippen LogP contribution in [0.2, 0.25) is 0 Å². The van der Waals surface area contributed by atoms with Gasteiger partial charge in [-0.2, -0.15) is 5.10 Å². The first-order valence-electron chi connectivity index (χ1n) is 5.07. The summed E-state index contributed by atoms with van der Waals surface area (Å²) in [7, 11) is 0. The zero-order valence-corrected chi connectivity index (χ0v) is 9.04. The van der Waals surface area contributed by atoms with E-state index in [0.29, 0.717) is 0 Å². The van der Waals surface area contributed by atoms with Gasteiger partial charge in [0.2, 0.25) is 0 Å². The highest BCUT2D eigenvalue weighted by molar-refractivity contribution is 5.45. The Morgan fingerprint density at radius 1 is 1.20 bits per heavy atom. The molecule has 2 N–H and O–H groups in total. The number of aryl methyl sites for hydroxylation is 1. The molecule has 0 unspecified atom stereocenters. The summed E-state index contributed by atoms with van der Waals surface area (Å²) in [4.78, 5) is 0. The summed E-state index contributed by atoms with van der Waals surface area (Å²) in [6, 6.07) is 10.3. The fourth-order valence-electron chi connectivity index (χ4n) is 1.45. The molecule has 0 aliphatic rings. The van der Waals surface area contributed by atoms with Gasteiger partial charge in [0.25, 0.3) is 0 Å². The summed E-state index contributed by atoms with van der Waals surface area (Å²) in [5.74, 6) is 1.01. The molecule has 0 atom stereocenters. The molecular weight excluding hydrogens is 186 g/mol. The third-order valence-electron chi connectivity index (χ3n) is 2.57. The van der Waals surface area contributed by atoms with E-state index in [1.807, 2.05) is 25.1 Å². The molecule has 0 aliphatic carbocycles. The van der Waals surface area contributed by atoms with E-state index in [1.165, 1.54) is 11.1 Å². The first-order chi connectivity index (χ1) is 7.27. The molecule has 3 heteroatoms. The van der Waals surface area contributed by atoms with Crippen molar-refractivity contribution in [3.05, 3.63) is 47.2 Å². The van der Waals surface area contributed by atoms with Gasteiger partial charge in [-0.05, 0) is 19.4 Å². The Labute approximate surface area is 89.5 Å². The number of nitrogens with zero attached hydrogens (tertiary/aromatic N) is 1. The monoisotopic (exact) mass is 201 g/mol. The molecule has 1 heterocycles. The van der Waals surface area contributed by atoms with Gasteiger partial charge >= 0.3 is 0 Å². The average molecular weight is 201 g/mol. The van der Waals surface area contributed by atoms with Crippen LogP contribution >= 0.6 is 0 Å². The summed E-state index contributed by atoms with van der Waals surface area (Å²) in [5, 5.41) is 10.5. The van der Waals surface area contributed by atoms with Crippen molar-refractivity contribution in [2.24, 2.45) is 0 Å². The number of rotatable bonds is 3. The minimum absolute atomic E-state index is 0.823. The van der Waals surface area contributed by atoms with E-state index in [2.05, 4.69) is 34.6 Å². The molecule has 0 bridgehead atoms. The van der Waals surface area contributed by atoms with E-state index >= 15 is 0 Å². The van der Waals surface area contributed by atoms with Crippen molar-refractivity contribution in [2.45, 2.75) is 20.4 Å². The first kappa shape index (κ1) is 9.77. The number of hydrogen-bond donors (Lipinski definition) is 2. The maximum Gasteiger partial charge on any atom is 0.124 e. The number of H-pyrrole nitrogens is 1. The quantitative estimate of drug-likeness (QED) is 0.801. The number of benzene rings is 1. The summed E-state index contributed by atoms with van der Waals surface area (Å²) >= 11 is 0. The molecule has 2 rings (SSSR count). The van der Waals surface area contributed by atoms with Gasteiger partial charge in [0, 0.05) is 12.1 Å². The number of anilines is 1. The van der Waals surface area contributed by atoms with Crippen LogP contribution < -0.4 is 5.32 Å². The zero-order chi connectivity index (χ0) is 10.7. The molecule has 1 aromatic carbocycles. The molecule has 1 aromatic heterocycles. The first-order valence-corrected chi connectivity index (χ1v) is 5.07. The molecule has 0 fully saturated rings. The number of hydrogen-bond acceptors (Lipinski definition) is 2. The lowest BCUT2D eigenvalue weighted by atomic mass is 10.2. The van der Waals surface area contributed by atoms with Gasteiger partial charge in [-0.1, -0.05) is 30.3 Å². The molecule has 0 aliphatic heterocycles. The van der Waals surface area contributed by atoms with Crippen molar-refractivity contribution in [2.75, 3.05) is 5.32 Å². The average Bonchev–Trinajstić information content (AvgIpc) is 2.59. The lowest BCUT2D eigenvalue weighted by Crippen LogP contribution is -2.00. The molecule has 78 valence electrons. The van der Waals surface area contributed by atoms with E-state index in [9.17, 15) is 0 Å². The van der Waals surface area contributed by atoms with Crippen molar-refractivity contribution in [3.8, 4) is 0 Å². The molecule has 0 saturated carbocycles. The van der Waals surface area contributed by atoms with Crippen LogP contribution in [0.25, 0.3) is 0 Å². The Morgan fingerprint density at radius 2 is 1.93 bits per heavy atom. The van der Waals surface area contributed by atoms with Gasteiger partial charge in [0.15, 0.2) is 0 Å². The van der Waals surface area contributed by atoms with E-state index in [4.69, 9.17) is 0 Å². The van der Waals surface area contributed by atoms with Crippen molar-refractivity contribution < 1.29 is 0 Å². The van der Waals surface area contributed by atoms with Crippen molar-refractivity contribution in [1.29, 1.82) is 0 Å². The molecule has 0 saturated heterocycles. The predicted molar refractivity (Wildman–Crippen MR) is 61.8 cm³/mol. The van der Waals surface area contributed by atoms with Crippen LogP contribution in [0, 0.1) is 13.8 Å². The highest BCUT2D eigenvalue weighted by Crippen LogP contribution is 2.14. The summed E-state index contributed by atoms with van der Waals surface area (Å²) in [6.07, 6.45) is 0. The molecule has 0 spiro atoms. The molecular formula is C12H15N3. The Balaban J connectivity index is 2.02. The second kappa shape index (κ2) is 4.17. The van der Waals surface area contributed by atoms with Gasteiger partial charge < -0.3 is 5.32 Å². The van der Waals surface area contributed by atoms with Crippen molar-refractivity contribution in [1.82, 2.24) is 10.2 Å². The van der Waals surface area contributed by atoms with Gasteiger partial charge in [0.1, 0.15) is 5.82 Å². The summed E-state index contributed by atoms with van der Waals surface area (Å²) in [5.41, 5.74) is 3.50. The summed E-state index contributed by atoms with van der Waals surface area (Å²) in [6.45, 7) is 4.88. The molecule has 15 heavy (non-hydrogen) atoms. The fraction of sp³-hybridized carbons (Fsp3) is 0.250. The largest absolute Gasteiger partial charge is 0.366 e. The minimum Gasteiger partial charge on any atom is -0.366 e. The van der Waals surface area contributed by atoms with Crippen LogP contribution in [0.5, 0.6) is 0 Å². The maximum absolute atomic E-state index is 4.14. The Bertz CT molecular complexity index is 431. The van der Waals surface area contributed by atoms with Gasteiger partial charge in [-0.25, -0.2) is 0 Å². The van der Waals surface area contributed by atoms with E-state index in [-0.39, 0.29) is 0 Å². The fourth-order valence-corrected chi connectivity index (χ4v) is 1.45. The molecule has 2 aromatic rings. The third-order valence-corrected chi connectivity index (χ3v) is 2.57. The van der Waals surface area contributed by atoms with Crippen molar-refractivity contribution in [3.63, 3.8) is 0 Å². The standard InChI is InChI=1S/C12H15N3/c1-9-10(2)14-15-12(9)13-8-11-6-4-3-5-7-11/h3-7H,8H2,1-2H3,(H2,13,14,15). The number of nitrogens with one attached hydrogen (secondary N) is 2. The molecule has 0 radical (unpaired) electrons. The van der Waals surface area contributed by atoms with Crippen LogP contribution in [0.3, 0.4) is 0 Å². The minimum atomic E-state index is 0.823. The Hall–Kier alpha value is -1.77. The van der Waals surface area contributed by atoms with Crippen LogP contribution in [0.1, 0.15) is 16.8 Å². The van der Waals surface area contributed by atoms with Gasteiger partial charge in [-0.3, -0.25) is 5.10 Å². The number of aromatic nitrogens is 2. The smallest absolute Gasteiger partial charge is 0.124 e. The third kappa shape index (κ3) is 2.18. The highest BCUT2D eigenvalue weighted by Gasteiger charge is 2.03. The summed E-state index contributed by atoms with van der Waals surface area (Å²) < 4.78 is 0. The second-order valence-corrected chi connectivity index (χ2v) is 3.65.